The highest BCUT2D eigenvalue weighted by atomic mass is 32.2. The van der Waals surface area contributed by atoms with E-state index in [1.807, 2.05) is 26.8 Å². The number of imidazole rings is 1. The van der Waals surface area contributed by atoms with Crippen molar-refractivity contribution in [2.24, 2.45) is 5.92 Å². The van der Waals surface area contributed by atoms with Gasteiger partial charge >= 0.3 is 5.97 Å². The van der Waals surface area contributed by atoms with Gasteiger partial charge in [-0.25, -0.2) is 13.4 Å². The van der Waals surface area contributed by atoms with Crippen molar-refractivity contribution < 1.29 is 17.9 Å². The molecule has 0 radical (unpaired) electrons. The first-order chi connectivity index (χ1) is 15.1. The summed E-state index contributed by atoms with van der Waals surface area (Å²) in [7, 11) is -2.43. The van der Waals surface area contributed by atoms with Gasteiger partial charge < -0.3 is 9.30 Å². The Balaban J connectivity index is 1.84. The lowest BCUT2D eigenvalue weighted by molar-refractivity contribution is -0.147. The number of carbonyl (C=O) groups is 1. The van der Waals surface area contributed by atoms with E-state index in [0.29, 0.717) is 13.0 Å². The number of fused-ring (bicyclic) bond motifs is 1. The quantitative estimate of drug-likeness (QED) is 0.456. The molecule has 0 aliphatic rings. The van der Waals surface area contributed by atoms with Crippen molar-refractivity contribution in [1.82, 2.24) is 18.8 Å². The van der Waals surface area contributed by atoms with Crippen LogP contribution < -0.4 is 0 Å². The Hall–Kier alpha value is -2.78. The smallest absolute Gasteiger partial charge is 0.324 e. The van der Waals surface area contributed by atoms with Crippen molar-refractivity contribution in [2.45, 2.75) is 51.6 Å². The van der Waals surface area contributed by atoms with Gasteiger partial charge in [-0.15, -0.1) is 0 Å². The zero-order valence-electron chi connectivity index (χ0n) is 19.1. The van der Waals surface area contributed by atoms with Crippen LogP contribution in [0.5, 0.6) is 0 Å². The number of esters is 1. The minimum Gasteiger partial charge on any atom is -0.465 e. The fraction of sp³-hybridized carbons (Fsp3) is 0.435. The van der Waals surface area contributed by atoms with Crippen LogP contribution in [0.1, 0.15) is 38.6 Å². The Morgan fingerprint density at radius 3 is 2.50 bits per heavy atom. The van der Waals surface area contributed by atoms with E-state index in [0.717, 1.165) is 26.7 Å². The number of ether oxygens (including phenoxy) is 1. The Morgan fingerprint density at radius 2 is 1.88 bits per heavy atom. The lowest BCUT2D eigenvalue weighted by Crippen LogP contribution is -2.44. The summed E-state index contributed by atoms with van der Waals surface area (Å²) in [6.45, 7) is 8.28. The van der Waals surface area contributed by atoms with Gasteiger partial charge in [0.15, 0.2) is 0 Å². The summed E-state index contributed by atoms with van der Waals surface area (Å²) >= 11 is 0. The van der Waals surface area contributed by atoms with Gasteiger partial charge in [0, 0.05) is 19.8 Å². The van der Waals surface area contributed by atoms with Gasteiger partial charge in [-0.05, 0) is 49.9 Å². The van der Waals surface area contributed by atoms with Gasteiger partial charge in [-0.2, -0.15) is 4.31 Å². The highest BCUT2D eigenvalue weighted by Crippen LogP contribution is 2.23. The monoisotopic (exact) mass is 458 g/mol. The van der Waals surface area contributed by atoms with Crippen LogP contribution in [0.25, 0.3) is 11.0 Å². The highest BCUT2D eigenvalue weighted by Gasteiger charge is 2.34. The standard InChI is InChI=1S/C23H30N4O4S/c1-6-31-23(28)22(13-16(2)3)26(5)32(29,30)19-9-7-18(8-10-19)15-27-17(4)25-20-14-24-12-11-21(20)27/h7-12,14,16,22H,6,13,15H2,1-5H3/t22-/m0/s1. The molecular weight excluding hydrogens is 428 g/mol. The van der Waals surface area contributed by atoms with Crippen LogP contribution in [0, 0.1) is 12.8 Å². The molecule has 1 aromatic carbocycles. The molecule has 0 spiro atoms. The number of sulfonamides is 1. The Morgan fingerprint density at radius 1 is 1.19 bits per heavy atom. The third kappa shape index (κ3) is 4.99. The maximum atomic E-state index is 13.2. The Labute approximate surface area is 189 Å². The minimum atomic E-state index is -3.86. The molecule has 3 aromatic rings. The lowest BCUT2D eigenvalue weighted by atomic mass is 10.0. The number of rotatable bonds is 9. The SMILES string of the molecule is CCOC(=O)[C@H](CC(C)C)N(C)S(=O)(=O)c1ccc(Cn2c(C)nc3cnccc32)cc1. The largest absolute Gasteiger partial charge is 0.465 e. The van der Waals surface area contributed by atoms with E-state index < -0.39 is 22.0 Å². The molecule has 1 atom stereocenters. The second kappa shape index (κ2) is 9.79. The number of hydrogen-bond donors (Lipinski definition) is 0. The number of nitrogens with zero attached hydrogens (tertiary/aromatic N) is 4. The molecule has 0 fully saturated rings. The normalized spacial score (nSPS) is 13.1. The molecule has 2 heterocycles. The first-order valence-electron chi connectivity index (χ1n) is 10.7. The van der Waals surface area contributed by atoms with E-state index >= 15 is 0 Å². The van der Waals surface area contributed by atoms with Crippen molar-refractivity contribution in [2.75, 3.05) is 13.7 Å². The van der Waals surface area contributed by atoms with E-state index in [2.05, 4.69) is 14.5 Å². The maximum absolute atomic E-state index is 13.2. The molecule has 32 heavy (non-hydrogen) atoms. The number of aromatic nitrogens is 3. The van der Waals surface area contributed by atoms with Crippen LogP contribution in [-0.4, -0.2) is 52.9 Å². The van der Waals surface area contributed by atoms with Gasteiger partial charge in [-0.3, -0.25) is 9.78 Å². The molecule has 3 rings (SSSR count). The first-order valence-corrected chi connectivity index (χ1v) is 12.1. The maximum Gasteiger partial charge on any atom is 0.324 e. The van der Waals surface area contributed by atoms with Gasteiger partial charge in [0.1, 0.15) is 17.4 Å². The molecule has 0 aliphatic heterocycles. The van der Waals surface area contributed by atoms with Crippen molar-refractivity contribution in [3.63, 3.8) is 0 Å². The van der Waals surface area contributed by atoms with E-state index in [1.165, 1.54) is 7.05 Å². The average Bonchev–Trinajstić information content (AvgIpc) is 3.07. The number of benzene rings is 1. The summed E-state index contributed by atoms with van der Waals surface area (Å²) < 4.78 is 34.7. The van der Waals surface area contributed by atoms with Gasteiger partial charge in [0.05, 0.1) is 23.2 Å². The third-order valence-corrected chi connectivity index (χ3v) is 7.26. The topological polar surface area (TPSA) is 94.4 Å². The molecule has 2 aromatic heterocycles. The second-order valence-electron chi connectivity index (χ2n) is 8.17. The second-order valence-corrected chi connectivity index (χ2v) is 10.2. The summed E-state index contributed by atoms with van der Waals surface area (Å²) in [5.41, 5.74) is 2.73. The predicted molar refractivity (Wildman–Crippen MR) is 123 cm³/mol. The van der Waals surface area contributed by atoms with Crippen molar-refractivity contribution >= 4 is 27.0 Å². The Kier molecular flexibility index (Phi) is 7.30. The van der Waals surface area contributed by atoms with Crippen molar-refractivity contribution in [3.8, 4) is 0 Å². The zero-order chi connectivity index (χ0) is 23.5. The molecule has 0 bridgehead atoms. The van der Waals surface area contributed by atoms with Gasteiger partial charge in [-0.1, -0.05) is 26.0 Å². The minimum absolute atomic E-state index is 0.132. The van der Waals surface area contributed by atoms with Crippen LogP contribution in [-0.2, 0) is 26.1 Å². The zero-order valence-corrected chi connectivity index (χ0v) is 20.0. The molecule has 0 aliphatic carbocycles. The number of hydrogen-bond acceptors (Lipinski definition) is 6. The summed E-state index contributed by atoms with van der Waals surface area (Å²) in [6.07, 6.45) is 3.83. The molecule has 9 heteroatoms. The van der Waals surface area contributed by atoms with E-state index in [4.69, 9.17) is 4.74 Å². The number of likely N-dealkylation sites (N-methyl/N-ethyl adjacent to an activating group) is 1. The molecule has 0 N–H and O–H groups in total. The van der Waals surface area contributed by atoms with Crippen LogP contribution in [0.15, 0.2) is 47.6 Å². The fourth-order valence-electron chi connectivity index (χ4n) is 3.66. The van der Waals surface area contributed by atoms with Crippen LogP contribution in [0.4, 0.5) is 0 Å². The van der Waals surface area contributed by atoms with Gasteiger partial charge in [0.25, 0.3) is 0 Å². The predicted octanol–water partition coefficient (Wildman–Crippen LogP) is 3.39. The molecule has 0 amide bonds. The van der Waals surface area contributed by atoms with Gasteiger partial charge in [0.2, 0.25) is 10.0 Å². The van der Waals surface area contributed by atoms with Crippen molar-refractivity contribution in [1.29, 1.82) is 0 Å². The average molecular weight is 459 g/mol. The number of aryl methyl sites for hydroxylation is 1. The van der Waals surface area contributed by atoms with E-state index in [1.54, 1.807) is 43.6 Å². The molecule has 0 saturated heterocycles. The molecule has 0 saturated carbocycles. The summed E-state index contributed by atoms with van der Waals surface area (Å²) in [5, 5.41) is 0. The lowest BCUT2D eigenvalue weighted by Gasteiger charge is -2.27. The van der Waals surface area contributed by atoms with Crippen molar-refractivity contribution in [3.05, 3.63) is 54.1 Å². The van der Waals surface area contributed by atoms with Crippen LogP contribution >= 0.6 is 0 Å². The molecule has 172 valence electrons. The van der Waals surface area contributed by atoms with E-state index in [-0.39, 0.29) is 17.4 Å². The highest BCUT2D eigenvalue weighted by molar-refractivity contribution is 7.89. The summed E-state index contributed by atoms with van der Waals surface area (Å²) in [6, 6.07) is 7.77. The summed E-state index contributed by atoms with van der Waals surface area (Å²) in [4.78, 5) is 21.2. The number of carbonyl (C=O) groups excluding carboxylic acids is 1. The molecule has 0 unspecified atom stereocenters. The van der Waals surface area contributed by atoms with E-state index in [9.17, 15) is 13.2 Å². The summed E-state index contributed by atoms with van der Waals surface area (Å²) in [5.74, 6) is 0.462. The van der Waals surface area contributed by atoms with Crippen LogP contribution in [0.2, 0.25) is 0 Å². The molecule has 8 nitrogen and oxygen atoms in total. The first kappa shape index (κ1) is 23.9. The Bertz CT molecular complexity index is 1190. The number of pyridine rings is 1. The fourth-order valence-corrected chi connectivity index (χ4v) is 4.98. The molecular formula is C23H30N4O4S. The van der Waals surface area contributed by atoms with Crippen LogP contribution in [0.3, 0.4) is 0 Å². The third-order valence-electron chi connectivity index (χ3n) is 5.37.